The highest BCUT2D eigenvalue weighted by Crippen LogP contribution is 2.30. The number of carbonyl (C=O) groups excluding carboxylic acids is 1. The van der Waals surface area contributed by atoms with Gasteiger partial charge in [-0.2, -0.15) is 18.3 Å². The second kappa shape index (κ2) is 7.51. The van der Waals surface area contributed by atoms with E-state index in [0.717, 1.165) is 29.1 Å². The largest absolute Gasteiger partial charge is 0.416 e. The Morgan fingerprint density at radius 2 is 2.07 bits per heavy atom. The Bertz CT molecular complexity index is 962. The maximum absolute atomic E-state index is 12.8. The van der Waals surface area contributed by atoms with E-state index in [-0.39, 0.29) is 5.91 Å². The lowest BCUT2D eigenvalue weighted by Gasteiger charge is -2.07. The molecule has 27 heavy (non-hydrogen) atoms. The highest BCUT2D eigenvalue weighted by molar-refractivity contribution is 7.15. The molecule has 0 bridgehead atoms. The van der Waals surface area contributed by atoms with E-state index in [0.29, 0.717) is 22.8 Å². The van der Waals surface area contributed by atoms with Crippen molar-refractivity contribution in [2.75, 3.05) is 5.32 Å². The van der Waals surface area contributed by atoms with Crippen LogP contribution in [0.4, 0.5) is 18.3 Å². The number of aryl methyl sites for hydroxylation is 2. The first-order chi connectivity index (χ1) is 12.8. The highest BCUT2D eigenvalue weighted by atomic mass is 32.1. The molecule has 9 heteroatoms. The lowest BCUT2D eigenvalue weighted by atomic mass is 10.1. The number of halogens is 3. The number of amides is 1. The summed E-state index contributed by atoms with van der Waals surface area (Å²) in [6, 6.07) is 6.90. The summed E-state index contributed by atoms with van der Waals surface area (Å²) in [4.78, 5) is 17.3. The fourth-order valence-corrected chi connectivity index (χ4v) is 3.42. The molecule has 0 fully saturated rings. The Balaban J connectivity index is 1.70. The predicted molar refractivity (Wildman–Crippen MR) is 96.9 cm³/mol. The standard InChI is InChI=1S/C18H17F3N4OS/c1-3-13-9-15(25(2)24-13)16(26)23-17-22-10-14(27-17)8-11-5-4-6-12(7-11)18(19,20)21/h4-7,9-10H,3,8H2,1-2H3,(H,22,23,26). The second-order valence-corrected chi connectivity index (χ2v) is 7.07. The molecule has 0 spiro atoms. The molecule has 0 aliphatic carbocycles. The van der Waals surface area contributed by atoms with Gasteiger partial charge in [0.15, 0.2) is 5.13 Å². The van der Waals surface area contributed by atoms with Crippen molar-refractivity contribution in [3.8, 4) is 0 Å². The molecule has 0 saturated carbocycles. The Kier molecular flexibility index (Phi) is 5.31. The Morgan fingerprint density at radius 3 is 2.74 bits per heavy atom. The molecule has 1 N–H and O–H groups in total. The summed E-state index contributed by atoms with van der Waals surface area (Å²) in [6.45, 7) is 1.95. The number of alkyl halides is 3. The van der Waals surface area contributed by atoms with Gasteiger partial charge >= 0.3 is 6.18 Å². The monoisotopic (exact) mass is 394 g/mol. The summed E-state index contributed by atoms with van der Waals surface area (Å²) in [5.74, 6) is -0.329. The number of hydrogen-bond donors (Lipinski definition) is 1. The summed E-state index contributed by atoms with van der Waals surface area (Å²) in [7, 11) is 1.69. The van der Waals surface area contributed by atoms with Gasteiger partial charge in [-0.25, -0.2) is 4.98 Å². The average Bonchev–Trinajstić information content (AvgIpc) is 3.20. The molecule has 0 unspecified atom stereocenters. The molecular formula is C18H17F3N4OS. The average molecular weight is 394 g/mol. The summed E-state index contributed by atoms with van der Waals surface area (Å²) < 4.78 is 39.9. The minimum atomic E-state index is -4.37. The maximum Gasteiger partial charge on any atom is 0.416 e. The number of carbonyl (C=O) groups is 1. The first-order valence-corrected chi connectivity index (χ1v) is 9.03. The van der Waals surface area contributed by atoms with Crippen molar-refractivity contribution >= 4 is 22.4 Å². The SMILES string of the molecule is CCc1cc(C(=O)Nc2ncc(Cc3cccc(C(F)(F)F)c3)s2)n(C)n1. The van der Waals surface area contributed by atoms with Crippen LogP contribution in [-0.4, -0.2) is 20.7 Å². The van der Waals surface area contributed by atoms with E-state index in [2.05, 4.69) is 15.4 Å². The maximum atomic E-state index is 12.8. The van der Waals surface area contributed by atoms with E-state index < -0.39 is 11.7 Å². The zero-order valence-corrected chi connectivity index (χ0v) is 15.5. The van der Waals surface area contributed by atoms with E-state index in [9.17, 15) is 18.0 Å². The van der Waals surface area contributed by atoms with Crippen molar-refractivity contribution in [1.29, 1.82) is 0 Å². The number of anilines is 1. The van der Waals surface area contributed by atoms with Crippen molar-refractivity contribution in [2.45, 2.75) is 25.9 Å². The smallest absolute Gasteiger partial charge is 0.296 e. The first-order valence-electron chi connectivity index (χ1n) is 8.21. The number of rotatable bonds is 5. The van der Waals surface area contributed by atoms with Crippen LogP contribution in [0.2, 0.25) is 0 Å². The third-order valence-electron chi connectivity index (χ3n) is 3.93. The van der Waals surface area contributed by atoms with E-state index in [1.165, 1.54) is 22.1 Å². The van der Waals surface area contributed by atoms with Gasteiger partial charge in [0.25, 0.3) is 5.91 Å². The first kappa shape index (κ1) is 19.1. The summed E-state index contributed by atoms with van der Waals surface area (Å²) in [5.41, 5.74) is 1.08. The Labute approximate surface area is 157 Å². The molecule has 0 aliphatic rings. The second-order valence-electron chi connectivity index (χ2n) is 5.96. The molecular weight excluding hydrogens is 377 g/mol. The van der Waals surface area contributed by atoms with Crippen LogP contribution in [0.15, 0.2) is 36.5 Å². The number of benzene rings is 1. The molecule has 2 heterocycles. The Hall–Kier alpha value is -2.68. The number of thiazole rings is 1. The van der Waals surface area contributed by atoms with Crippen LogP contribution < -0.4 is 5.32 Å². The van der Waals surface area contributed by atoms with Gasteiger partial charge in [0, 0.05) is 24.5 Å². The van der Waals surface area contributed by atoms with Gasteiger partial charge in [-0.15, -0.1) is 11.3 Å². The van der Waals surface area contributed by atoms with Crippen molar-refractivity contribution in [3.05, 3.63) is 63.9 Å². The van der Waals surface area contributed by atoms with Crippen molar-refractivity contribution in [3.63, 3.8) is 0 Å². The number of nitrogens with zero attached hydrogens (tertiary/aromatic N) is 3. The van der Waals surface area contributed by atoms with Gasteiger partial charge in [0.2, 0.25) is 0 Å². The van der Waals surface area contributed by atoms with E-state index >= 15 is 0 Å². The van der Waals surface area contributed by atoms with Crippen molar-refractivity contribution < 1.29 is 18.0 Å². The number of nitrogens with one attached hydrogen (secondary N) is 1. The van der Waals surface area contributed by atoms with Gasteiger partial charge in [0.05, 0.1) is 11.3 Å². The zero-order chi connectivity index (χ0) is 19.6. The highest BCUT2D eigenvalue weighted by Gasteiger charge is 2.30. The van der Waals surface area contributed by atoms with Gasteiger partial charge < -0.3 is 0 Å². The van der Waals surface area contributed by atoms with E-state index in [1.54, 1.807) is 25.4 Å². The minimum Gasteiger partial charge on any atom is -0.296 e. The van der Waals surface area contributed by atoms with Gasteiger partial charge in [-0.05, 0) is 24.1 Å². The zero-order valence-electron chi connectivity index (χ0n) is 14.7. The number of aromatic nitrogens is 3. The van der Waals surface area contributed by atoms with Crippen molar-refractivity contribution in [1.82, 2.24) is 14.8 Å². The number of hydrogen-bond acceptors (Lipinski definition) is 4. The van der Waals surface area contributed by atoms with E-state index in [1.807, 2.05) is 6.92 Å². The van der Waals surface area contributed by atoms with Crippen LogP contribution in [0.1, 0.15) is 39.1 Å². The summed E-state index contributed by atoms with van der Waals surface area (Å²) in [5, 5.41) is 7.32. The topological polar surface area (TPSA) is 59.8 Å². The summed E-state index contributed by atoms with van der Waals surface area (Å²) >= 11 is 1.23. The van der Waals surface area contributed by atoms with Crippen LogP contribution in [0.3, 0.4) is 0 Å². The van der Waals surface area contributed by atoms with Crippen LogP contribution in [-0.2, 0) is 26.1 Å². The quantitative estimate of drug-likeness (QED) is 0.702. The van der Waals surface area contributed by atoms with Crippen LogP contribution in [0, 0.1) is 0 Å². The molecule has 0 atom stereocenters. The molecule has 3 aromatic rings. The van der Waals surface area contributed by atoms with Crippen molar-refractivity contribution in [2.24, 2.45) is 7.05 Å². The third-order valence-corrected chi connectivity index (χ3v) is 4.84. The molecule has 5 nitrogen and oxygen atoms in total. The molecule has 0 aliphatic heterocycles. The van der Waals surface area contributed by atoms with E-state index in [4.69, 9.17) is 0 Å². The lowest BCUT2D eigenvalue weighted by molar-refractivity contribution is -0.137. The predicted octanol–water partition coefficient (Wildman–Crippen LogP) is 4.30. The van der Waals surface area contributed by atoms with Gasteiger partial charge in [-0.1, -0.05) is 25.1 Å². The molecule has 0 saturated heterocycles. The van der Waals surface area contributed by atoms with Gasteiger partial charge in [0.1, 0.15) is 5.69 Å². The van der Waals surface area contributed by atoms with Gasteiger partial charge in [-0.3, -0.25) is 14.8 Å². The molecule has 2 aromatic heterocycles. The summed E-state index contributed by atoms with van der Waals surface area (Å²) in [6.07, 6.45) is -1.78. The lowest BCUT2D eigenvalue weighted by Crippen LogP contribution is -2.15. The van der Waals surface area contributed by atoms with Crippen LogP contribution >= 0.6 is 11.3 Å². The molecule has 142 valence electrons. The van der Waals surface area contributed by atoms with Crippen LogP contribution in [0.5, 0.6) is 0 Å². The minimum absolute atomic E-state index is 0.309. The fraction of sp³-hybridized carbons (Fsp3) is 0.278. The molecule has 1 aromatic carbocycles. The third kappa shape index (κ3) is 4.54. The molecule has 0 radical (unpaired) electrons. The normalized spacial score (nSPS) is 11.6. The fourth-order valence-electron chi connectivity index (χ4n) is 2.58. The van der Waals surface area contributed by atoms with Crippen LogP contribution in [0.25, 0.3) is 0 Å². The molecule has 3 rings (SSSR count). The Morgan fingerprint density at radius 1 is 1.30 bits per heavy atom. The molecule has 1 amide bonds.